The molecule has 2 aromatic heterocycles. The largest absolute Gasteiger partial charge is 0.374 e. The highest BCUT2D eigenvalue weighted by atomic mass is 32.2. The fourth-order valence-corrected chi connectivity index (χ4v) is 4.98. The zero-order valence-electron chi connectivity index (χ0n) is 18.5. The number of amides is 1. The minimum Gasteiger partial charge on any atom is -0.374 e. The Morgan fingerprint density at radius 1 is 1.24 bits per heavy atom. The molecule has 0 radical (unpaired) electrons. The molecule has 2 aliphatic rings. The second-order valence-electron chi connectivity index (χ2n) is 8.74. The number of aromatic amines is 1. The maximum Gasteiger partial charge on any atom is 0.260 e. The van der Waals surface area contributed by atoms with E-state index in [2.05, 4.69) is 25.6 Å². The van der Waals surface area contributed by atoms with Gasteiger partial charge in [-0.15, -0.1) is 0 Å². The molecule has 0 unspecified atom stereocenters. The van der Waals surface area contributed by atoms with Crippen molar-refractivity contribution in [2.75, 3.05) is 23.5 Å². The van der Waals surface area contributed by atoms with Gasteiger partial charge in [0.2, 0.25) is 5.91 Å². The Bertz CT molecular complexity index is 1400. The highest BCUT2D eigenvalue weighted by Crippen LogP contribution is 2.49. The van der Waals surface area contributed by atoms with Gasteiger partial charge >= 0.3 is 0 Å². The van der Waals surface area contributed by atoms with Crippen molar-refractivity contribution < 1.29 is 26.7 Å². The van der Waals surface area contributed by atoms with E-state index in [9.17, 15) is 22.0 Å². The van der Waals surface area contributed by atoms with Crippen molar-refractivity contribution in [2.24, 2.45) is 5.92 Å². The molecule has 1 amide bonds. The number of hydrogen-bond donors (Lipinski definition) is 3. The Kier molecular flexibility index (Phi) is 5.32. The smallest absolute Gasteiger partial charge is 0.260 e. The minimum absolute atomic E-state index is 0.0447. The Morgan fingerprint density at radius 3 is 2.65 bits per heavy atom. The number of anilines is 3. The molecule has 2 fully saturated rings. The van der Waals surface area contributed by atoms with E-state index in [-0.39, 0.29) is 16.8 Å². The summed E-state index contributed by atoms with van der Waals surface area (Å²) in [4.78, 5) is 23.9. The third kappa shape index (κ3) is 4.34. The number of sulfone groups is 1. The third-order valence-corrected chi connectivity index (χ3v) is 7.08. The van der Waals surface area contributed by atoms with Crippen LogP contribution in [-0.4, -0.2) is 48.1 Å². The van der Waals surface area contributed by atoms with Gasteiger partial charge in [-0.05, 0) is 37.5 Å². The summed E-state index contributed by atoms with van der Waals surface area (Å²) in [6.45, 7) is 2.35. The number of aryl methyl sites for hydroxylation is 1. The molecule has 180 valence electrons. The first-order valence-electron chi connectivity index (χ1n) is 10.8. The summed E-state index contributed by atoms with van der Waals surface area (Å²) in [6, 6.07) is 6.50. The Hall–Kier alpha value is -3.12. The summed E-state index contributed by atoms with van der Waals surface area (Å²) in [5.74, 6) is -4.62. The van der Waals surface area contributed by atoms with Gasteiger partial charge < -0.3 is 20.4 Å². The predicted molar refractivity (Wildman–Crippen MR) is 121 cm³/mol. The Morgan fingerprint density at radius 2 is 2.00 bits per heavy atom. The molecule has 2 atom stereocenters. The van der Waals surface area contributed by atoms with Gasteiger partial charge in [-0.1, -0.05) is 6.07 Å². The SMILES string of the molecule is Cc1nc2c(Nc3ccc([C@H]4CCCO4)cc3S(C)(=O)=O)cc(NC(=O)[C@H]3CC3(F)F)nc2[nH]1. The number of fused-ring (bicyclic) bond motifs is 1. The van der Waals surface area contributed by atoms with Crippen LogP contribution in [0.2, 0.25) is 0 Å². The van der Waals surface area contributed by atoms with Gasteiger partial charge in [-0.25, -0.2) is 27.2 Å². The van der Waals surface area contributed by atoms with Crippen LogP contribution in [0.1, 0.15) is 36.8 Å². The summed E-state index contributed by atoms with van der Waals surface area (Å²) in [6.07, 6.45) is 2.20. The van der Waals surface area contributed by atoms with Crippen molar-refractivity contribution >= 4 is 44.1 Å². The van der Waals surface area contributed by atoms with Crippen LogP contribution in [0, 0.1) is 12.8 Å². The lowest BCUT2D eigenvalue weighted by Gasteiger charge is -2.16. The Labute approximate surface area is 194 Å². The molecule has 9 nitrogen and oxygen atoms in total. The number of carbonyl (C=O) groups is 1. The first-order valence-corrected chi connectivity index (χ1v) is 12.7. The second-order valence-corrected chi connectivity index (χ2v) is 10.7. The van der Waals surface area contributed by atoms with E-state index in [4.69, 9.17) is 4.74 Å². The molecule has 1 aliphatic heterocycles. The molecule has 0 spiro atoms. The number of rotatable bonds is 6. The lowest BCUT2D eigenvalue weighted by Crippen LogP contribution is -2.18. The fourth-order valence-electron chi connectivity index (χ4n) is 4.11. The molecule has 3 heterocycles. The number of carbonyl (C=O) groups excluding carboxylic acids is 1. The molecule has 12 heteroatoms. The molecule has 34 heavy (non-hydrogen) atoms. The molecule has 5 rings (SSSR count). The van der Waals surface area contributed by atoms with Gasteiger partial charge in [-0.2, -0.15) is 0 Å². The summed E-state index contributed by atoms with van der Waals surface area (Å²) >= 11 is 0. The molecular weight excluding hydrogens is 468 g/mol. The first kappa shape index (κ1) is 22.7. The first-order chi connectivity index (χ1) is 16.0. The van der Waals surface area contributed by atoms with Crippen molar-refractivity contribution in [3.63, 3.8) is 0 Å². The maximum absolute atomic E-state index is 13.3. The van der Waals surface area contributed by atoms with Crippen LogP contribution in [0.15, 0.2) is 29.2 Å². The average molecular weight is 492 g/mol. The van der Waals surface area contributed by atoms with Gasteiger partial charge in [-0.3, -0.25) is 4.79 Å². The maximum atomic E-state index is 13.3. The summed E-state index contributed by atoms with van der Waals surface area (Å²) < 4.78 is 57.5. The number of halogens is 2. The molecule has 1 aliphatic carbocycles. The monoisotopic (exact) mass is 491 g/mol. The molecular formula is C22H23F2N5O4S. The number of pyridine rings is 1. The lowest BCUT2D eigenvalue weighted by molar-refractivity contribution is -0.119. The standard InChI is InChI=1S/C22H23F2N5O4S/c1-11-25-19-15(9-18(28-20(19)26-11)29-21(30)13-10-22(13,23)24)27-14-6-5-12(16-4-3-7-33-16)8-17(14)34(2,31)32/h5-6,8-9,13,16H,3-4,7,10H2,1-2H3,(H3,25,26,27,28,29,30)/t13-,16-/m1/s1. The van der Waals surface area contributed by atoms with Crippen LogP contribution < -0.4 is 10.6 Å². The minimum atomic E-state index is -3.61. The number of alkyl halides is 2. The lowest BCUT2D eigenvalue weighted by atomic mass is 10.1. The zero-order chi connectivity index (χ0) is 24.3. The quantitative estimate of drug-likeness (QED) is 0.478. The van der Waals surface area contributed by atoms with Crippen molar-refractivity contribution in [3.05, 3.63) is 35.7 Å². The normalized spacial score (nSPS) is 21.5. The number of nitrogens with one attached hydrogen (secondary N) is 3. The van der Waals surface area contributed by atoms with Crippen LogP contribution in [0.25, 0.3) is 11.2 Å². The number of imidazole rings is 1. The summed E-state index contributed by atoms with van der Waals surface area (Å²) in [5, 5.41) is 5.51. The molecule has 3 N–H and O–H groups in total. The summed E-state index contributed by atoms with van der Waals surface area (Å²) in [5.41, 5.74) is 2.18. The van der Waals surface area contributed by atoms with Crippen molar-refractivity contribution in [3.8, 4) is 0 Å². The fraction of sp³-hybridized carbons (Fsp3) is 0.409. The van der Waals surface area contributed by atoms with Gasteiger partial charge in [0.15, 0.2) is 15.5 Å². The van der Waals surface area contributed by atoms with E-state index in [1.54, 1.807) is 25.1 Å². The number of nitrogens with zero attached hydrogens (tertiary/aromatic N) is 2. The average Bonchev–Trinajstić information content (AvgIpc) is 3.12. The number of aromatic nitrogens is 3. The highest BCUT2D eigenvalue weighted by Gasteiger charge is 2.61. The number of hydrogen-bond acceptors (Lipinski definition) is 7. The van der Waals surface area contributed by atoms with Gasteiger partial charge in [0, 0.05) is 25.3 Å². The van der Waals surface area contributed by atoms with E-state index in [0.29, 0.717) is 35.0 Å². The van der Waals surface area contributed by atoms with E-state index in [0.717, 1.165) is 24.7 Å². The van der Waals surface area contributed by atoms with Crippen molar-refractivity contribution in [2.45, 2.75) is 43.1 Å². The zero-order valence-corrected chi connectivity index (χ0v) is 19.3. The highest BCUT2D eigenvalue weighted by molar-refractivity contribution is 7.90. The van der Waals surface area contributed by atoms with Crippen molar-refractivity contribution in [1.82, 2.24) is 15.0 Å². The van der Waals surface area contributed by atoms with E-state index in [1.165, 1.54) is 6.07 Å². The van der Waals surface area contributed by atoms with Crippen LogP contribution >= 0.6 is 0 Å². The van der Waals surface area contributed by atoms with E-state index in [1.807, 2.05) is 0 Å². The molecule has 0 bridgehead atoms. The van der Waals surface area contributed by atoms with Crippen LogP contribution in [0.5, 0.6) is 0 Å². The van der Waals surface area contributed by atoms with Crippen LogP contribution in [-0.2, 0) is 19.4 Å². The predicted octanol–water partition coefficient (Wildman–Crippen LogP) is 3.86. The molecule has 1 saturated heterocycles. The third-order valence-electron chi connectivity index (χ3n) is 5.94. The molecule has 1 aromatic carbocycles. The second kappa shape index (κ2) is 7.98. The molecule has 3 aromatic rings. The number of benzene rings is 1. The van der Waals surface area contributed by atoms with Crippen molar-refractivity contribution in [1.29, 1.82) is 0 Å². The van der Waals surface area contributed by atoms with E-state index >= 15 is 0 Å². The van der Waals surface area contributed by atoms with Gasteiger partial charge in [0.25, 0.3) is 5.92 Å². The topological polar surface area (TPSA) is 126 Å². The van der Waals surface area contributed by atoms with Crippen LogP contribution in [0.4, 0.5) is 26.0 Å². The summed E-state index contributed by atoms with van der Waals surface area (Å²) in [7, 11) is -3.61. The van der Waals surface area contributed by atoms with E-state index < -0.39 is 34.0 Å². The van der Waals surface area contributed by atoms with Gasteiger partial charge in [0.1, 0.15) is 23.1 Å². The number of ether oxygens (including phenoxy) is 1. The Balaban J connectivity index is 1.52. The number of H-pyrrole nitrogens is 1. The van der Waals surface area contributed by atoms with Gasteiger partial charge in [0.05, 0.1) is 22.4 Å². The van der Waals surface area contributed by atoms with Crippen LogP contribution in [0.3, 0.4) is 0 Å². The molecule has 1 saturated carbocycles.